The van der Waals surface area contributed by atoms with Crippen LogP contribution in [-0.2, 0) is 6.54 Å². The molecule has 2 rings (SSSR count). The molecule has 0 aromatic heterocycles. The molecule has 0 saturated carbocycles. The lowest BCUT2D eigenvalue weighted by molar-refractivity contribution is 1.10. The van der Waals surface area contributed by atoms with Gasteiger partial charge >= 0.3 is 0 Å². The number of halogens is 1. The van der Waals surface area contributed by atoms with Gasteiger partial charge in [-0.15, -0.1) is 0 Å². The number of nitrogens with one attached hydrogen (secondary N) is 1. The Morgan fingerprint density at radius 1 is 1.11 bits per heavy atom. The van der Waals surface area contributed by atoms with Gasteiger partial charge in [-0.05, 0) is 36.2 Å². The summed E-state index contributed by atoms with van der Waals surface area (Å²) in [7, 11) is 4.12. The summed E-state index contributed by atoms with van der Waals surface area (Å²) in [5.41, 5.74) is 4.89. The monoisotopic (exact) mass is 318 g/mol. The summed E-state index contributed by atoms with van der Waals surface area (Å²) in [5.74, 6) is 0. The molecule has 100 valence electrons. The number of hydrogen-bond acceptors (Lipinski definition) is 2. The molecular formula is C16H19BrN2. The zero-order valence-corrected chi connectivity index (χ0v) is 13.2. The van der Waals surface area contributed by atoms with E-state index in [9.17, 15) is 0 Å². The molecule has 19 heavy (non-hydrogen) atoms. The van der Waals surface area contributed by atoms with E-state index in [1.807, 2.05) is 0 Å². The lowest BCUT2D eigenvalue weighted by Crippen LogP contribution is -2.12. The highest BCUT2D eigenvalue weighted by molar-refractivity contribution is 9.10. The van der Waals surface area contributed by atoms with Crippen LogP contribution in [0.1, 0.15) is 11.1 Å². The van der Waals surface area contributed by atoms with Crippen LogP contribution in [0.2, 0.25) is 0 Å². The highest BCUT2D eigenvalue weighted by atomic mass is 79.9. The molecule has 0 bridgehead atoms. The Balaban J connectivity index is 2.12. The van der Waals surface area contributed by atoms with Gasteiger partial charge in [0.15, 0.2) is 0 Å². The standard InChI is InChI=1S/C16H19BrN2/c1-12-8-9-13(10-14(12)17)11-18-15-6-4-5-7-16(15)19(2)3/h4-10,18H,11H2,1-3H3. The molecule has 2 aromatic rings. The SMILES string of the molecule is Cc1ccc(CNc2ccccc2N(C)C)cc1Br. The van der Waals surface area contributed by atoms with Crippen molar-refractivity contribution in [1.82, 2.24) is 0 Å². The molecule has 0 aliphatic rings. The van der Waals surface area contributed by atoms with E-state index in [1.54, 1.807) is 0 Å². The lowest BCUT2D eigenvalue weighted by atomic mass is 10.1. The van der Waals surface area contributed by atoms with E-state index in [0.717, 1.165) is 16.7 Å². The molecule has 1 N–H and O–H groups in total. The van der Waals surface area contributed by atoms with Gasteiger partial charge in [0.25, 0.3) is 0 Å². The van der Waals surface area contributed by atoms with E-state index in [1.165, 1.54) is 16.8 Å². The number of nitrogens with zero attached hydrogens (tertiary/aromatic N) is 1. The van der Waals surface area contributed by atoms with E-state index >= 15 is 0 Å². The molecule has 0 unspecified atom stereocenters. The second kappa shape index (κ2) is 6.11. The third-order valence-electron chi connectivity index (χ3n) is 3.11. The van der Waals surface area contributed by atoms with Gasteiger partial charge in [-0.25, -0.2) is 0 Å². The number of hydrogen-bond donors (Lipinski definition) is 1. The molecule has 0 atom stereocenters. The zero-order valence-electron chi connectivity index (χ0n) is 11.6. The lowest BCUT2D eigenvalue weighted by Gasteiger charge is -2.18. The second-order valence-electron chi connectivity index (χ2n) is 4.85. The van der Waals surface area contributed by atoms with Crippen molar-refractivity contribution >= 4 is 27.3 Å². The van der Waals surface area contributed by atoms with Gasteiger partial charge in [0.05, 0.1) is 11.4 Å². The quantitative estimate of drug-likeness (QED) is 0.896. The van der Waals surface area contributed by atoms with Crippen molar-refractivity contribution in [2.75, 3.05) is 24.3 Å². The smallest absolute Gasteiger partial charge is 0.0596 e. The summed E-state index contributed by atoms with van der Waals surface area (Å²) in [6.07, 6.45) is 0. The summed E-state index contributed by atoms with van der Waals surface area (Å²) in [6, 6.07) is 14.8. The fraction of sp³-hybridized carbons (Fsp3) is 0.250. The summed E-state index contributed by atoms with van der Waals surface area (Å²) in [4.78, 5) is 2.12. The van der Waals surface area contributed by atoms with Crippen LogP contribution in [0.5, 0.6) is 0 Å². The average molecular weight is 319 g/mol. The van der Waals surface area contributed by atoms with Gasteiger partial charge < -0.3 is 10.2 Å². The maximum absolute atomic E-state index is 3.57. The number of aryl methyl sites for hydroxylation is 1. The third kappa shape index (κ3) is 3.51. The predicted molar refractivity (Wildman–Crippen MR) is 87.0 cm³/mol. The molecule has 0 heterocycles. The molecule has 0 saturated heterocycles. The first-order valence-electron chi connectivity index (χ1n) is 6.33. The third-order valence-corrected chi connectivity index (χ3v) is 3.96. The zero-order chi connectivity index (χ0) is 13.8. The minimum atomic E-state index is 0.823. The molecule has 2 aromatic carbocycles. The van der Waals surface area contributed by atoms with Gasteiger partial charge in [-0.2, -0.15) is 0 Å². The topological polar surface area (TPSA) is 15.3 Å². The highest BCUT2D eigenvalue weighted by Crippen LogP contribution is 2.24. The number of benzene rings is 2. The average Bonchev–Trinajstić information content (AvgIpc) is 2.40. The van der Waals surface area contributed by atoms with E-state index in [4.69, 9.17) is 0 Å². The van der Waals surface area contributed by atoms with Crippen molar-refractivity contribution in [2.45, 2.75) is 13.5 Å². The van der Waals surface area contributed by atoms with Crippen LogP contribution < -0.4 is 10.2 Å². The van der Waals surface area contributed by atoms with Crippen molar-refractivity contribution in [1.29, 1.82) is 0 Å². The first-order chi connectivity index (χ1) is 9.08. The highest BCUT2D eigenvalue weighted by Gasteiger charge is 2.03. The molecule has 3 heteroatoms. The summed E-state index contributed by atoms with van der Waals surface area (Å²) in [5, 5.41) is 3.50. The molecule has 0 spiro atoms. The molecule has 0 aliphatic carbocycles. The number of para-hydroxylation sites is 2. The van der Waals surface area contributed by atoms with Gasteiger partial charge in [-0.3, -0.25) is 0 Å². The van der Waals surface area contributed by atoms with E-state index in [-0.39, 0.29) is 0 Å². The molecule has 0 amide bonds. The van der Waals surface area contributed by atoms with E-state index in [0.29, 0.717) is 0 Å². The van der Waals surface area contributed by atoms with E-state index in [2.05, 4.69) is 89.6 Å². The Bertz CT molecular complexity index is 564. The van der Waals surface area contributed by atoms with E-state index < -0.39 is 0 Å². The van der Waals surface area contributed by atoms with Gasteiger partial charge in [0, 0.05) is 25.1 Å². The molecule has 0 fully saturated rings. The first-order valence-corrected chi connectivity index (χ1v) is 7.12. The van der Waals surface area contributed by atoms with Crippen LogP contribution >= 0.6 is 15.9 Å². The van der Waals surface area contributed by atoms with Crippen LogP contribution in [0.3, 0.4) is 0 Å². The van der Waals surface area contributed by atoms with Gasteiger partial charge in [-0.1, -0.05) is 40.2 Å². The Kier molecular flexibility index (Phi) is 4.48. The Morgan fingerprint density at radius 3 is 2.53 bits per heavy atom. The second-order valence-corrected chi connectivity index (χ2v) is 5.70. The minimum absolute atomic E-state index is 0.823. The van der Waals surface area contributed by atoms with Crippen LogP contribution in [0.4, 0.5) is 11.4 Å². The fourth-order valence-corrected chi connectivity index (χ4v) is 2.38. The van der Waals surface area contributed by atoms with Crippen LogP contribution in [0.25, 0.3) is 0 Å². The Hall–Kier alpha value is -1.48. The largest absolute Gasteiger partial charge is 0.379 e. The summed E-state index contributed by atoms with van der Waals surface area (Å²) < 4.78 is 1.16. The summed E-state index contributed by atoms with van der Waals surface area (Å²) >= 11 is 3.57. The molecule has 0 aliphatic heterocycles. The van der Waals surface area contributed by atoms with Crippen LogP contribution in [0.15, 0.2) is 46.9 Å². The van der Waals surface area contributed by atoms with Crippen molar-refractivity contribution in [3.63, 3.8) is 0 Å². The normalized spacial score (nSPS) is 10.3. The van der Waals surface area contributed by atoms with Crippen LogP contribution in [-0.4, -0.2) is 14.1 Å². The maximum Gasteiger partial charge on any atom is 0.0596 e. The van der Waals surface area contributed by atoms with Gasteiger partial charge in [0.1, 0.15) is 0 Å². The molecule has 0 radical (unpaired) electrons. The number of anilines is 2. The summed E-state index contributed by atoms with van der Waals surface area (Å²) in [6.45, 7) is 2.92. The van der Waals surface area contributed by atoms with Crippen molar-refractivity contribution < 1.29 is 0 Å². The van der Waals surface area contributed by atoms with Crippen molar-refractivity contribution in [3.05, 3.63) is 58.1 Å². The Morgan fingerprint density at radius 2 is 1.84 bits per heavy atom. The van der Waals surface area contributed by atoms with Crippen molar-refractivity contribution in [3.8, 4) is 0 Å². The minimum Gasteiger partial charge on any atom is -0.379 e. The van der Waals surface area contributed by atoms with Crippen LogP contribution in [0, 0.1) is 6.92 Å². The fourth-order valence-electron chi connectivity index (χ4n) is 1.96. The molecule has 2 nitrogen and oxygen atoms in total. The maximum atomic E-state index is 3.57. The number of rotatable bonds is 4. The Labute approximate surface area is 123 Å². The first kappa shape index (κ1) is 13.9. The van der Waals surface area contributed by atoms with Gasteiger partial charge in [0.2, 0.25) is 0 Å². The van der Waals surface area contributed by atoms with Crippen molar-refractivity contribution in [2.24, 2.45) is 0 Å². The predicted octanol–water partition coefficient (Wildman–Crippen LogP) is 4.44. The molecular weight excluding hydrogens is 300 g/mol.